The van der Waals surface area contributed by atoms with Gasteiger partial charge in [0.25, 0.3) is 5.91 Å². The first kappa shape index (κ1) is 11.6. The Morgan fingerprint density at radius 1 is 1.53 bits per heavy atom. The van der Waals surface area contributed by atoms with Gasteiger partial charge in [-0.2, -0.15) is 0 Å². The first-order valence-electron chi connectivity index (χ1n) is 5.48. The molecule has 2 unspecified atom stereocenters. The summed E-state index contributed by atoms with van der Waals surface area (Å²) in [6.45, 7) is 2.65. The van der Waals surface area contributed by atoms with Crippen LogP contribution in [0.25, 0.3) is 0 Å². The molecule has 17 heavy (non-hydrogen) atoms. The summed E-state index contributed by atoms with van der Waals surface area (Å²) < 4.78 is 0. The zero-order valence-corrected chi connectivity index (χ0v) is 9.80. The number of fused-ring (bicyclic) bond motifs is 1. The van der Waals surface area contributed by atoms with Gasteiger partial charge in [-0.15, -0.1) is 0 Å². The fourth-order valence-corrected chi connectivity index (χ4v) is 2.13. The minimum absolute atomic E-state index is 0.333. The van der Waals surface area contributed by atoms with Crippen LogP contribution >= 0.6 is 0 Å². The maximum absolute atomic E-state index is 11.8. The maximum Gasteiger partial charge on any atom is 0.325 e. The molecular formula is C9H16N6O2. The molecule has 0 aromatic heterocycles. The number of guanidine groups is 1. The number of aliphatic imine (C=N–C) groups is 1. The van der Waals surface area contributed by atoms with Gasteiger partial charge in [0.2, 0.25) is 5.96 Å². The van der Waals surface area contributed by atoms with Gasteiger partial charge in [0.05, 0.1) is 0 Å². The minimum atomic E-state index is -0.506. The van der Waals surface area contributed by atoms with Crippen LogP contribution in [-0.2, 0) is 4.79 Å². The third kappa shape index (κ3) is 1.70. The summed E-state index contributed by atoms with van der Waals surface area (Å²) in [5.74, 6) is 5.49. The summed E-state index contributed by atoms with van der Waals surface area (Å²) >= 11 is 0. The normalized spacial score (nSPS) is 27.8. The zero-order valence-electron chi connectivity index (χ0n) is 9.80. The Bertz CT molecular complexity index is 382. The number of carbonyl (C=O) groups excluding carboxylic acids is 2. The van der Waals surface area contributed by atoms with Crippen LogP contribution in [0, 0.1) is 0 Å². The van der Waals surface area contributed by atoms with Crippen LogP contribution in [0.2, 0.25) is 0 Å². The van der Waals surface area contributed by atoms with E-state index in [0.29, 0.717) is 12.5 Å². The van der Waals surface area contributed by atoms with Crippen LogP contribution in [0.1, 0.15) is 13.3 Å². The Labute approximate surface area is 98.8 Å². The molecule has 2 atom stereocenters. The lowest BCUT2D eigenvalue weighted by Crippen LogP contribution is -2.64. The Balaban J connectivity index is 2.30. The van der Waals surface area contributed by atoms with Crippen molar-refractivity contribution in [2.24, 2.45) is 10.8 Å². The van der Waals surface area contributed by atoms with Gasteiger partial charge in [-0.05, 0) is 6.42 Å². The number of rotatable bonds is 2. The van der Waals surface area contributed by atoms with Crippen LogP contribution in [0.3, 0.4) is 0 Å². The second kappa shape index (κ2) is 4.21. The van der Waals surface area contributed by atoms with E-state index < -0.39 is 18.2 Å². The highest BCUT2D eigenvalue weighted by Gasteiger charge is 2.48. The zero-order chi connectivity index (χ0) is 12.6. The molecule has 0 aliphatic carbocycles. The van der Waals surface area contributed by atoms with Gasteiger partial charge in [-0.25, -0.2) is 15.6 Å². The second-order valence-corrected chi connectivity index (χ2v) is 4.05. The molecule has 8 nitrogen and oxygen atoms in total. The second-order valence-electron chi connectivity index (χ2n) is 4.05. The number of amides is 3. The summed E-state index contributed by atoms with van der Waals surface area (Å²) in [5.41, 5.74) is 2.47. The van der Waals surface area contributed by atoms with Crippen LogP contribution in [0.5, 0.6) is 0 Å². The fraction of sp³-hybridized carbons (Fsp3) is 0.667. The monoisotopic (exact) mass is 240 g/mol. The summed E-state index contributed by atoms with van der Waals surface area (Å²) in [7, 11) is 1.60. The smallest absolute Gasteiger partial charge is 0.325 e. The number of nitrogens with zero attached hydrogens (tertiary/aromatic N) is 3. The third-order valence-electron chi connectivity index (χ3n) is 2.95. The van der Waals surface area contributed by atoms with Crippen LogP contribution in [0.15, 0.2) is 4.99 Å². The largest absolute Gasteiger partial charge is 0.326 e. The summed E-state index contributed by atoms with van der Waals surface area (Å²) in [6.07, 6.45) is 0.350. The molecule has 0 bridgehead atoms. The molecule has 0 aromatic rings. The number of urea groups is 1. The first-order valence-corrected chi connectivity index (χ1v) is 5.48. The lowest BCUT2D eigenvalue weighted by atomic mass is 10.1. The SMILES string of the molecule is CCCN1C(NN)=NC2C1C(=O)NC(=O)N2C. The minimum Gasteiger partial charge on any atom is -0.326 e. The molecule has 0 saturated carbocycles. The number of hydrazine groups is 1. The Morgan fingerprint density at radius 3 is 2.82 bits per heavy atom. The molecule has 1 fully saturated rings. The van der Waals surface area contributed by atoms with E-state index >= 15 is 0 Å². The van der Waals surface area contributed by atoms with Gasteiger partial charge in [-0.1, -0.05) is 6.92 Å². The molecule has 2 aliphatic heterocycles. The first-order chi connectivity index (χ1) is 8.10. The van der Waals surface area contributed by atoms with E-state index in [1.807, 2.05) is 6.92 Å². The van der Waals surface area contributed by atoms with E-state index in [1.54, 1.807) is 11.9 Å². The van der Waals surface area contributed by atoms with Crippen molar-refractivity contribution in [3.63, 3.8) is 0 Å². The molecule has 3 amide bonds. The summed E-state index contributed by atoms with van der Waals surface area (Å²) in [6, 6.07) is -0.932. The van der Waals surface area contributed by atoms with Crippen molar-refractivity contribution in [2.75, 3.05) is 13.6 Å². The number of nitrogens with two attached hydrogens (primary N) is 1. The van der Waals surface area contributed by atoms with Crippen molar-refractivity contribution in [3.05, 3.63) is 0 Å². The standard InChI is InChI=1S/C9H16N6O2/c1-3-4-15-5-6(11-8(15)13-10)14(2)9(17)12-7(5)16/h5-6H,3-4,10H2,1-2H3,(H,11,13)(H,12,16,17). The summed E-state index contributed by atoms with van der Waals surface area (Å²) in [4.78, 5) is 30.7. The lowest BCUT2D eigenvalue weighted by molar-refractivity contribution is -0.127. The number of hydrogen-bond donors (Lipinski definition) is 3. The number of nitrogens with one attached hydrogen (secondary N) is 2. The molecule has 2 heterocycles. The van der Waals surface area contributed by atoms with E-state index in [2.05, 4.69) is 15.7 Å². The molecule has 1 saturated heterocycles. The van der Waals surface area contributed by atoms with Crippen molar-refractivity contribution in [3.8, 4) is 0 Å². The van der Waals surface area contributed by atoms with E-state index in [-0.39, 0.29) is 5.91 Å². The number of carbonyl (C=O) groups is 2. The van der Waals surface area contributed by atoms with Gasteiger partial charge >= 0.3 is 6.03 Å². The number of hydrogen-bond acceptors (Lipinski definition) is 6. The molecule has 94 valence electrons. The highest BCUT2D eigenvalue weighted by atomic mass is 16.2. The predicted molar refractivity (Wildman–Crippen MR) is 60.6 cm³/mol. The van der Waals surface area contributed by atoms with Crippen molar-refractivity contribution < 1.29 is 9.59 Å². The quantitative estimate of drug-likeness (QED) is 0.399. The third-order valence-corrected chi connectivity index (χ3v) is 2.95. The van der Waals surface area contributed by atoms with Gasteiger partial charge in [0.15, 0.2) is 12.2 Å². The predicted octanol–water partition coefficient (Wildman–Crippen LogP) is -1.59. The average molecular weight is 240 g/mol. The van der Waals surface area contributed by atoms with Crippen LogP contribution < -0.4 is 16.6 Å². The lowest BCUT2D eigenvalue weighted by Gasteiger charge is -2.35. The highest BCUT2D eigenvalue weighted by Crippen LogP contribution is 2.22. The van der Waals surface area contributed by atoms with E-state index in [4.69, 9.17) is 5.84 Å². The number of likely N-dealkylation sites (N-methyl/N-ethyl adjacent to an activating group) is 1. The maximum atomic E-state index is 11.8. The van der Waals surface area contributed by atoms with Gasteiger partial charge in [0, 0.05) is 13.6 Å². The van der Waals surface area contributed by atoms with Crippen molar-refractivity contribution in [2.45, 2.75) is 25.6 Å². The molecule has 0 spiro atoms. The van der Waals surface area contributed by atoms with Gasteiger partial charge in [-0.3, -0.25) is 15.5 Å². The highest BCUT2D eigenvalue weighted by molar-refractivity contribution is 6.03. The van der Waals surface area contributed by atoms with E-state index in [1.165, 1.54) is 4.90 Å². The molecule has 0 radical (unpaired) electrons. The van der Waals surface area contributed by atoms with Crippen molar-refractivity contribution in [1.82, 2.24) is 20.5 Å². The fourth-order valence-electron chi connectivity index (χ4n) is 2.13. The molecule has 4 N–H and O–H groups in total. The Morgan fingerprint density at radius 2 is 2.24 bits per heavy atom. The van der Waals surface area contributed by atoms with Crippen molar-refractivity contribution in [1.29, 1.82) is 0 Å². The molecule has 2 aliphatic rings. The molecule has 0 aromatic carbocycles. The molecular weight excluding hydrogens is 224 g/mol. The Kier molecular flexibility index (Phi) is 2.88. The van der Waals surface area contributed by atoms with Gasteiger partial charge < -0.3 is 9.80 Å². The molecule has 8 heteroatoms. The molecule has 2 rings (SSSR count). The van der Waals surface area contributed by atoms with Crippen molar-refractivity contribution >= 4 is 17.9 Å². The topological polar surface area (TPSA) is 103 Å². The van der Waals surface area contributed by atoms with E-state index in [0.717, 1.165) is 6.42 Å². The number of imide groups is 1. The Hall–Kier alpha value is -1.83. The van der Waals surface area contributed by atoms with Crippen LogP contribution in [0.4, 0.5) is 4.79 Å². The summed E-state index contributed by atoms with van der Waals surface area (Å²) in [5, 5.41) is 2.30. The van der Waals surface area contributed by atoms with Gasteiger partial charge in [0.1, 0.15) is 0 Å². The average Bonchev–Trinajstić information content (AvgIpc) is 2.66. The van der Waals surface area contributed by atoms with E-state index in [9.17, 15) is 9.59 Å². The van der Waals surface area contributed by atoms with Crippen LogP contribution in [-0.4, -0.2) is 53.5 Å².